The molecule has 0 spiro atoms. The predicted molar refractivity (Wildman–Crippen MR) is 68.8 cm³/mol. The van der Waals surface area contributed by atoms with Crippen molar-refractivity contribution in [2.24, 2.45) is 5.92 Å². The third-order valence-corrected chi connectivity index (χ3v) is 3.51. The Labute approximate surface area is 105 Å². The van der Waals surface area contributed by atoms with Crippen molar-refractivity contribution in [1.29, 1.82) is 0 Å². The fourth-order valence-electron chi connectivity index (χ4n) is 2.08. The lowest BCUT2D eigenvalue weighted by Gasteiger charge is -2.28. The minimum absolute atomic E-state index is 0.632. The van der Waals surface area contributed by atoms with Crippen LogP contribution in [0.5, 0.6) is 0 Å². The topological polar surface area (TPSA) is 25.4 Å². The summed E-state index contributed by atoms with van der Waals surface area (Å²) in [7, 11) is 2.09. The van der Waals surface area contributed by atoms with Crippen molar-refractivity contribution < 1.29 is 4.74 Å². The summed E-state index contributed by atoms with van der Waals surface area (Å²) in [5.41, 5.74) is 0. The van der Waals surface area contributed by atoms with Crippen LogP contribution in [-0.2, 0) is 4.74 Å². The molecular formula is C12H17BrN2O. The van der Waals surface area contributed by atoms with E-state index < -0.39 is 0 Å². The van der Waals surface area contributed by atoms with E-state index >= 15 is 0 Å². The van der Waals surface area contributed by atoms with Crippen molar-refractivity contribution in [3.8, 4) is 0 Å². The normalized spacial score (nSPS) is 20.8. The highest BCUT2D eigenvalue weighted by molar-refractivity contribution is 9.10. The summed E-state index contributed by atoms with van der Waals surface area (Å²) < 4.78 is 6.54. The van der Waals surface area contributed by atoms with Gasteiger partial charge in [0.1, 0.15) is 5.82 Å². The Morgan fingerprint density at radius 3 is 3.19 bits per heavy atom. The van der Waals surface area contributed by atoms with Crippen LogP contribution in [0.3, 0.4) is 0 Å². The molecule has 1 fully saturated rings. The molecule has 0 bridgehead atoms. The monoisotopic (exact) mass is 284 g/mol. The Bertz CT molecular complexity index is 340. The van der Waals surface area contributed by atoms with Crippen molar-refractivity contribution in [3.05, 3.63) is 22.8 Å². The molecule has 2 heterocycles. The van der Waals surface area contributed by atoms with Gasteiger partial charge < -0.3 is 9.64 Å². The second-order valence-corrected chi connectivity index (χ2v) is 5.13. The van der Waals surface area contributed by atoms with Crippen LogP contribution in [-0.4, -0.2) is 31.8 Å². The SMILES string of the molecule is CN(CC1CCCOC1)c1ncccc1Br. The van der Waals surface area contributed by atoms with E-state index in [-0.39, 0.29) is 0 Å². The molecule has 1 saturated heterocycles. The van der Waals surface area contributed by atoms with Gasteiger partial charge >= 0.3 is 0 Å². The molecule has 1 aromatic rings. The highest BCUT2D eigenvalue weighted by atomic mass is 79.9. The van der Waals surface area contributed by atoms with Gasteiger partial charge in [0, 0.05) is 26.4 Å². The lowest BCUT2D eigenvalue weighted by Crippen LogP contribution is -2.31. The van der Waals surface area contributed by atoms with Gasteiger partial charge in [-0.3, -0.25) is 0 Å². The van der Waals surface area contributed by atoms with Gasteiger partial charge in [-0.1, -0.05) is 0 Å². The van der Waals surface area contributed by atoms with Gasteiger partial charge in [0.2, 0.25) is 0 Å². The molecule has 1 aromatic heterocycles. The summed E-state index contributed by atoms with van der Waals surface area (Å²) in [6, 6.07) is 3.96. The number of halogens is 1. The number of hydrogen-bond donors (Lipinski definition) is 0. The second-order valence-electron chi connectivity index (χ2n) is 4.27. The highest BCUT2D eigenvalue weighted by Crippen LogP contribution is 2.24. The zero-order chi connectivity index (χ0) is 11.4. The van der Waals surface area contributed by atoms with Gasteiger partial charge in [0.05, 0.1) is 11.1 Å². The molecule has 16 heavy (non-hydrogen) atoms. The molecule has 1 unspecified atom stereocenters. The minimum Gasteiger partial charge on any atom is -0.381 e. The van der Waals surface area contributed by atoms with Crippen LogP contribution in [0.2, 0.25) is 0 Å². The molecular weight excluding hydrogens is 268 g/mol. The summed E-state index contributed by atoms with van der Waals surface area (Å²) >= 11 is 3.53. The first-order valence-corrected chi connectivity index (χ1v) is 6.46. The fourth-order valence-corrected chi connectivity index (χ4v) is 2.64. The van der Waals surface area contributed by atoms with Crippen molar-refractivity contribution in [2.45, 2.75) is 12.8 Å². The zero-order valence-corrected chi connectivity index (χ0v) is 11.1. The van der Waals surface area contributed by atoms with Gasteiger partial charge in [0.25, 0.3) is 0 Å². The smallest absolute Gasteiger partial charge is 0.142 e. The summed E-state index contributed by atoms with van der Waals surface area (Å²) in [6.45, 7) is 2.82. The van der Waals surface area contributed by atoms with Crippen LogP contribution in [0.1, 0.15) is 12.8 Å². The van der Waals surface area contributed by atoms with Crippen LogP contribution in [0.15, 0.2) is 22.8 Å². The number of hydrogen-bond acceptors (Lipinski definition) is 3. The summed E-state index contributed by atoms with van der Waals surface area (Å²) in [4.78, 5) is 6.58. The number of anilines is 1. The van der Waals surface area contributed by atoms with E-state index in [2.05, 4.69) is 32.9 Å². The summed E-state index contributed by atoms with van der Waals surface area (Å²) in [5, 5.41) is 0. The first kappa shape index (κ1) is 11.9. The molecule has 88 valence electrons. The molecule has 0 aliphatic carbocycles. The molecule has 0 aromatic carbocycles. The average molecular weight is 285 g/mol. The van der Waals surface area contributed by atoms with Crippen molar-refractivity contribution in [1.82, 2.24) is 4.98 Å². The maximum absolute atomic E-state index is 5.49. The lowest BCUT2D eigenvalue weighted by molar-refractivity contribution is 0.0576. The van der Waals surface area contributed by atoms with Gasteiger partial charge in [-0.25, -0.2) is 4.98 Å². The number of nitrogens with zero attached hydrogens (tertiary/aromatic N) is 2. The standard InChI is InChI=1S/C12H17BrN2O/c1-15(8-10-4-3-7-16-9-10)12-11(13)5-2-6-14-12/h2,5-6,10H,3-4,7-9H2,1H3. The van der Waals surface area contributed by atoms with E-state index in [0.717, 1.165) is 30.0 Å². The van der Waals surface area contributed by atoms with E-state index in [0.29, 0.717) is 5.92 Å². The molecule has 0 saturated carbocycles. The third kappa shape index (κ3) is 2.95. The predicted octanol–water partition coefficient (Wildman–Crippen LogP) is 2.71. The molecule has 0 amide bonds. The molecule has 3 nitrogen and oxygen atoms in total. The first-order chi connectivity index (χ1) is 7.77. The van der Waals surface area contributed by atoms with Crippen LogP contribution in [0, 0.1) is 5.92 Å². The van der Waals surface area contributed by atoms with Crippen LogP contribution < -0.4 is 4.90 Å². The summed E-state index contributed by atoms with van der Waals surface area (Å²) in [6.07, 6.45) is 4.27. The van der Waals surface area contributed by atoms with Gasteiger partial charge in [-0.15, -0.1) is 0 Å². The van der Waals surface area contributed by atoms with Crippen LogP contribution in [0.4, 0.5) is 5.82 Å². The Balaban J connectivity index is 1.96. The summed E-state index contributed by atoms with van der Waals surface area (Å²) in [5.74, 6) is 1.64. The lowest BCUT2D eigenvalue weighted by atomic mass is 10.0. The Morgan fingerprint density at radius 1 is 1.62 bits per heavy atom. The highest BCUT2D eigenvalue weighted by Gasteiger charge is 2.17. The van der Waals surface area contributed by atoms with Gasteiger partial charge in [-0.05, 0) is 46.8 Å². The number of rotatable bonds is 3. The molecule has 0 radical (unpaired) electrons. The number of aromatic nitrogens is 1. The molecule has 1 aliphatic rings. The van der Waals surface area contributed by atoms with Crippen molar-refractivity contribution >= 4 is 21.7 Å². The van der Waals surface area contributed by atoms with E-state index in [1.807, 2.05) is 18.3 Å². The third-order valence-electron chi connectivity index (χ3n) is 2.89. The Morgan fingerprint density at radius 2 is 2.50 bits per heavy atom. The van der Waals surface area contributed by atoms with Crippen molar-refractivity contribution in [3.63, 3.8) is 0 Å². The van der Waals surface area contributed by atoms with E-state index in [9.17, 15) is 0 Å². The molecule has 2 rings (SSSR count). The van der Waals surface area contributed by atoms with Gasteiger partial charge in [-0.2, -0.15) is 0 Å². The van der Waals surface area contributed by atoms with Crippen LogP contribution >= 0.6 is 15.9 Å². The zero-order valence-electron chi connectivity index (χ0n) is 9.53. The largest absolute Gasteiger partial charge is 0.381 e. The number of ether oxygens (including phenoxy) is 1. The van der Waals surface area contributed by atoms with E-state index in [4.69, 9.17) is 4.74 Å². The second kappa shape index (κ2) is 5.64. The first-order valence-electron chi connectivity index (χ1n) is 5.67. The number of pyridine rings is 1. The van der Waals surface area contributed by atoms with Gasteiger partial charge in [0.15, 0.2) is 0 Å². The Hall–Kier alpha value is -0.610. The minimum atomic E-state index is 0.632. The van der Waals surface area contributed by atoms with E-state index in [1.54, 1.807) is 0 Å². The van der Waals surface area contributed by atoms with Crippen molar-refractivity contribution in [2.75, 3.05) is 31.7 Å². The molecule has 1 atom stereocenters. The fraction of sp³-hybridized carbons (Fsp3) is 0.583. The maximum atomic E-state index is 5.49. The average Bonchev–Trinajstić information content (AvgIpc) is 2.31. The quantitative estimate of drug-likeness (QED) is 0.854. The molecule has 4 heteroatoms. The molecule has 1 aliphatic heterocycles. The maximum Gasteiger partial charge on any atom is 0.142 e. The Kier molecular flexibility index (Phi) is 4.18. The van der Waals surface area contributed by atoms with Crippen LogP contribution in [0.25, 0.3) is 0 Å². The van der Waals surface area contributed by atoms with E-state index in [1.165, 1.54) is 12.8 Å². The molecule has 0 N–H and O–H groups in total.